The zero-order chi connectivity index (χ0) is 18.3. The summed E-state index contributed by atoms with van der Waals surface area (Å²) in [6, 6.07) is 7.52. The highest BCUT2D eigenvalue weighted by Crippen LogP contribution is 2.48. The molecule has 1 fully saturated rings. The number of carboxylic acids is 1. The smallest absolute Gasteiger partial charge is 0.307 e. The largest absolute Gasteiger partial charge is 0.481 e. The average molecular weight is 385 g/mol. The zero-order valence-electron chi connectivity index (χ0n) is 13.6. The van der Waals surface area contributed by atoms with Gasteiger partial charge < -0.3 is 10.4 Å². The van der Waals surface area contributed by atoms with Crippen LogP contribution in [0.25, 0.3) is 10.2 Å². The molecule has 0 radical (unpaired) electrons. The highest BCUT2D eigenvalue weighted by molar-refractivity contribution is 8.01. The standard InChI is InChI=1S/C18H15N3O3S2/c19-5-6-25-18-21-12-4-3-11(8-13(12)26-18)20-16(22)14-9-1-2-10(7-9)15(14)17(23)24/h1-4,8-10,14-15H,6-7H2,(H,20,22)(H,23,24)/t9-,10-,14+,15+/m0/s1. The third-order valence-electron chi connectivity index (χ3n) is 4.94. The number of fused-ring (bicyclic) bond motifs is 3. The lowest BCUT2D eigenvalue weighted by Gasteiger charge is -2.23. The Hall–Kier alpha value is -2.37. The number of thiazole rings is 1. The van der Waals surface area contributed by atoms with Crippen molar-refractivity contribution in [3.63, 3.8) is 0 Å². The number of nitrogens with zero attached hydrogens (tertiary/aromatic N) is 2. The summed E-state index contributed by atoms with van der Waals surface area (Å²) in [4.78, 5) is 28.8. The van der Waals surface area contributed by atoms with Gasteiger partial charge >= 0.3 is 5.97 Å². The van der Waals surface area contributed by atoms with Gasteiger partial charge in [-0.2, -0.15) is 5.26 Å². The number of aliphatic carboxylic acids is 1. The van der Waals surface area contributed by atoms with Crippen molar-refractivity contribution in [3.8, 4) is 6.07 Å². The molecule has 6 nitrogen and oxygen atoms in total. The summed E-state index contributed by atoms with van der Waals surface area (Å²) in [5.74, 6) is -2.01. The van der Waals surface area contributed by atoms with Crippen LogP contribution in [0.5, 0.6) is 0 Å². The van der Waals surface area contributed by atoms with Gasteiger partial charge in [-0.05, 0) is 36.5 Å². The number of anilines is 1. The number of hydrogen-bond acceptors (Lipinski definition) is 6. The number of rotatable bonds is 5. The van der Waals surface area contributed by atoms with E-state index < -0.39 is 17.8 Å². The molecular formula is C18H15N3O3S2. The molecular weight excluding hydrogens is 370 g/mol. The Morgan fingerprint density at radius 1 is 1.35 bits per heavy atom. The summed E-state index contributed by atoms with van der Waals surface area (Å²) in [5, 5.41) is 21.0. The fourth-order valence-electron chi connectivity index (χ4n) is 3.88. The molecule has 2 aromatic rings. The van der Waals surface area contributed by atoms with E-state index in [-0.39, 0.29) is 17.7 Å². The second-order valence-electron chi connectivity index (χ2n) is 6.44. The summed E-state index contributed by atoms with van der Waals surface area (Å²) in [6.07, 6.45) is 4.64. The topological polar surface area (TPSA) is 103 Å². The van der Waals surface area contributed by atoms with E-state index in [0.717, 1.165) is 21.0 Å². The second kappa shape index (κ2) is 6.74. The van der Waals surface area contributed by atoms with Crippen molar-refractivity contribution in [1.82, 2.24) is 4.98 Å². The SMILES string of the molecule is N#CCSc1nc2ccc(NC(=O)[C@H]3[C@H](C(=O)O)[C@H]4C=C[C@H]3C4)cc2s1. The molecule has 1 saturated carbocycles. The van der Waals surface area contributed by atoms with Crippen LogP contribution in [-0.4, -0.2) is 27.7 Å². The Labute approximate surface area is 157 Å². The molecule has 2 aliphatic rings. The molecule has 4 atom stereocenters. The minimum Gasteiger partial charge on any atom is -0.481 e. The number of aromatic nitrogens is 1. The molecule has 2 bridgehead atoms. The maximum atomic E-state index is 12.7. The molecule has 132 valence electrons. The third-order valence-corrected chi connectivity index (χ3v) is 6.97. The maximum absolute atomic E-state index is 12.7. The van der Waals surface area contributed by atoms with E-state index in [0.29, 0.717) is 11.4 Å². The number of nitrogens with one attached hydrogen (secondary N) is 1. The molecule has 1 aromatic carbocycles. The number of nitriles is 1. The third kappa shape index (κ3) is 2.97. The maximum Gasteiger partial charge on any atom is 0.307 e. The number of carboxylic acid groups (broad SMARTS) is 1. The van der Waals surface area contributed by atoms with Crippen LogP contribution in [0.2, 0.25) is 0 Å². The molecule has 8 heteroatoms. The summed E-state index contributed by atoms with van der Waals surface area (Å²) in [6.45, 7) is 0. The molecule has 1 aromatic heterocycles. The Morgan fingerprint density at radius 2 is 2.12 bits per heavy atom. The molecule has 1 heterocycles. The number of thioether (sulfide) groups is 1. The summed E-state index contributed by atoms with van der Waals surface area (Å²) in [7, 11) is 0. The number of benzene rings is 1. The van der Waals surface area contributed by atoms with Crippen LogP contribution in [0.3, 0.4) is 0 Å². The molecule has 2 N–H and O–H groups in total. The van der Waals surface area contributed by atoms with Crippen LogP contribution in [0, 0.1) is 35.0 Å². The fraction of sp³-hybridized carbons (Fsp3) is 0.333. The monoisotopic (exact) mass is 385 g/mol. The number of allylic oxidation sites excluding steroid dienone is 2. The average Bonchev–Trinajstić information content (AvgIpc) is 3.32. The van der Waals surface area contributed by atoms with Gasteiger partial charge in [0.15, 0.2) is 4.34 Å². The lowest BCUT2D eigenvalue weighted by atomic mass is 9.82. The first-order valence-electron chi connectivity index (χ1n) is 8.19. The van der Waals surface area contributed by atoms with Crippen LogP contribution in [0.1, 0.15) is 6.42 Å². The van der Waals surface area contributed by atoms with Crippen molar-refractivity contribution >= 4 is 50.9 Å². The van der Waals surface area contributed by atoms with Gasteiger partial charge in [-0.3, -0.25) is 9.59 Å². The predicted octanol–water partition coefficient (Wildman–Crippen LogP) is 3.37. The van der Waals surface area contributed by atoms with Crippen LogP contribution in [-0.2, 0) is 9.59 Å². The summed E-state index contributed by atoms with van der Waals surface area (Å²) < 4.78 is 1.74. The van der Waals surface area contributed by atoms with Gasteiger partial charge in [-0.15, -0.1) is 11.3 Å². The molecule has 0 spiro atoms. The van der Waals surface area contributed by atoms with E-state index in [1.807, 2.05) is 24.3 Å². The Morgan fingerprint density at radius 3 is 2.85 bits per heavy atom. The zero-order valence-corrected chi connectivity index (χ0v) is 15.2. The van der Waals surface area contributed by atoms with E-state index in [1.54, 1.807) is 6.07 Å². The molecule has 26 heavy (non-hydrogen) atoms. The first kappa shape index (κ1) is 17.1. The molecule has 1 amide bonds. The van der Waals surface area contributed by atoms with Gasteiger partial charge in [-0.1, -0.05) is 23.9 Å². The number of amides is 1. The minimum atomic E-state index is -0.904. The lowest BCUT2D eigenvalue weighted by Crippen LogP contribution is -2.36. The molecule has 0 saturated heterocycles. The van der Waals surface area contributed by atoms with Gasteiger partial charge in [0.1, 0.15) is 0 Å². The summed E-state index contributed by atoms with van der Waals surface area (Å²) in [5.41, 5.74) is 1.46. The van der Waals surface area contributed by atoms with Gasteiger partial charge in [0.25, 0.3) is 0 Å². The Kier molecular flexibility index (Phi) is 4.42. The highest BCUT2D eigenvalue weighted by Gasteiger charge is 2.51. The van der Waals surface area contributed by atoms with Crippen molar-refractivity contribution in [3.05, 3.63) is 30.4 Å². The van der Waals surface area contributed by atoms with Gasteiger partial charge in [0.2, 0.25) is 5.91 Å². The first-order valence-corrected chi connectivity index (χ1v) is 9.99. The van der Waals surface area contributed by atoms with Crippen LogP contribution in [0.4, 0.5) is 5.69 Å². The van der Waals surface area contributed by atoms with E-state index in [1.165, 1.54) is 23.1 Å². The van der Waals surface area contributed by atoms with Gasteiger partial charge in [-0.25, -0.2) is 4.98 Å². The van der Waals surface area contributed by atoms with E-state index in [4.69, 9.17) is 5.26 Å². The number of carbonyl (C=O) groups is 2. The van der Waals surface area contributed by atoms with E-state index in [9.17, 15) is 14.7 Å². The number of hydrogen-bond donors (Lipinski definition) is 2. The Balaban J connectivity index is 1.53. The normalized spacial score (nSPS) is 26.1. The fourth-order valence-corrected chi connectivity index (χ4v) is 5.65. The lowest BCUT2D eigenvalue weighted by molar-refractivity contribution is -0.146. The summed E-state index contributed by atoms with van der Waals surface area (Å²) >= 11 is 2.86. The number of carbonyl (C=O) groups excluding carboxylic acids is 1. The molecule has 0 unspecified atom stereocenters. The van der Waals surface area contributed by atoms with Crippen LogP contribution in [0.15, 0.2) is 34.7 Å². The minimum absolute atomic E-state index is 0.00206. The van der Waals surface area contributed by atoms with Crippen LogP contribution < -0.4 is 5.32 Å². The predicted molar refractivity (Wildman–Crippen MR) is 99.9 cm³/mol. The Bertz CT molecular complexity index is 962. The van der Waals surface area contributed by atoms with Crippen molar-refractivity contribution < 1.29 is 14.7 Å². The van der Waals surface area contributed by atoms with E-state index >= 15 is 0 Å². The molecule has 0 aliphatic heterocycles. The van der Waals surface area contributed by atoms with Crippen molar-refractivity contribution in [2.24, 2.45) is 23.7 Å². The van der Waals surface area contributed by atoms with E-state index in [2.05, 4.69) is 16.4 Å². The van der Waals surface area contributed by atoms with Gasteiger partial charge in [0, 0.05) is 5.69 Å². The van der Waals surface area contributed by atoms with Crippen molar-refractivity contribution in [2.45, 2.75) is 10.8 Å². The second-order valence-corrected chi connectivity index (χ2v) is 8.69. The quantitative estimate of drug-likeness (QED) is 0.604. The van der Waals surface area contributed by atoms with Crippen LogP contribution >= 0.6 is 23.1 Å². The highest BCUT2D eigenvalue weighted by atomic mass is 32.2. The van der Waals surface area contributed by atoms with Gasteiger partial charge in [0.05, 0.1) is 33.9 Å². The molecule has 2 aliphatic carbocycles. The van der Waals surface area contributed by atoms with Crippen molar-refractivity contribution in [1.29, 1.82) is 5.26 Å². The first-order chi connectivity index (χ1) is 12.6. The molecule has 4 rings (SSSR count). The van der Waals surface area contributed by atoms with Crippen molar-refractivity contribution in [2.75, 3.05) is 11.1 Å².